The van der Waals surface area contributed by atoms with Crippen molar-refractivity contribution in [3.63, 3.8) is 0 Å². The Morgan fingerprint density at radius 2 is 1.91 bits per heavy atom. The molecule has 2 rings (SSSR count). The van der Waals surface area contributed by atoms with E-state index < -0.39 is 0 Å². The van der Waals surface area contributed by atoms with Gasteiger partial charge < -0.3 is 15.1 Å². The van der Waals surface area contributed by atoms with Gasteiger partial charge in [0.1, 0.15) is 17.3 Å². The highest BCUT2D eigenvalue weighted by atomic mass is 19.1. The summed E-state index contributed by atoms with van der Waals surface area (Å²) in [5.41, 5.74) is 3.23. The summed E-state index contributed by atoms with van der Waals surface area (Å²) in [6.45, 7) is 7.22. The number of benzene rings is 1. The van der Waals surface area contributed by atoms with Gasteiger partial charge in [-0.3, -0.25) is 4.99 Å². The summed E-state index contributed by atoms with van der Waals surface area (Å²) in [5, 5.41) is 6.54. The van der Waals surface area contributed by atoms with Crippen molar-refractivity contribution in [1.29, 1.82) is 0 Å². The van der Waals surface area contributed by atoms with Gasteiger partial charge in [-0.25, -0.2) is 4.39 Å². The molecule has 0 unspecified atom stereocenters. The SMILES string of the molecule is CN=C(NCCc1ccc(F)cc1C)NCc1cc(C)oc1C. The van der Waals surface area contributed by atoms with Crippen molar-refractivity contribution >= 4 is 5.96 Å². The summed E-state index contributed by atoms with van der Waals surface area (Å²) in [5.74, 6) is 2.38. The molecule has 2 aromatic rings. The van der Waals surface area contributed by atoms with Crippen LogP contribution in [0, 0.1) is 26.6 Å². The first-order valence-corrected chi connectivity index (χ1v) is 7.75. The quantitative estimate of drug-likeness (QED) is 0.657. The third-order valence-electron chi connectivity index (χ3n) is 3.81. The van der Waals surface area contributed by atoms with Crippen LogP contribution in [0.4, 0.5) is 4.39 Å². The number of nitrogens with zero attached hydrogens (tertiary/aromatic N) is 1. The molecule has 23 heavy (non-hydrogen) atoms. The van der Waals surface area contributed by atoms with E-state index in [1.54, 1.807) is 13.1 Å². The van der Waals surface area contributed by atoms with Crippen LogP contribution in [0.3, 0.4) is 0 Å². The number of rotatable bonds is 5. The van der Waals surface area contributed by atoms with Crippen LogP contribution >= 0.6 is 0 Å². The summed E-state index contributed by atoms with van der Waals surface area (Å²) in [4.78, 5) is 4.21. The normalized spacial score (nSPS) is 11.6. The van der Waals surface area contributed by atoms with Crippen LogP contribution in [0.5, 0.6) is 0 Å². The van der Waals surface area contributed by atoms with Crippen LogP contribution in [0.15, 0.2) is 33.7 Å². The van der Waals surface area contributed by atoms with Crippen molar-refractivity contribution in [3.05, 3.63) is 58.3 Å². The van der Waals surface area contributed by atoms with Gasteiger partial charge in [-0.15, -0.1) is 0 Å². The smallest absolute Gasteiger partial charge is 0.191 e. The van der Waals surface area contributed by atoms with Crippen molar-refractivity contribution in [2.24, 2.45) is 4.99 Å². The Hall–Kier alpha value is -2.30. The minimum Gasteiger partial charge on any atom is -0.466 e. The van der Waals surface area contributed by atoms with Gasteiger partial charge in [0.15, 0.2) is 5.96 Å². The van der Waals surface area contributed by atoms with Gasteiger partial charge in [-0.2, -0.15) is 0 Å². The lowest BCUT2D eigenvalue weighted by Gasteiger charge is -2.12. The van der Waals surface area contributed by atoms with Gasteiger partial charge in [0, 0.05) is 25.7 Å². The van der Waals surface area contributed by atoms with E-state index in [2.05, 4.69) is 15.6 Å². The Labute approximate surface area is 136 Å². The minimum absolute atomic E-state index is 0.192. The Morgan fingerprint density at radius 1 is 1.13 bits per heavy atom. The average molecular weight is 317 g/mol. The molecular weight excluding hydrogens is 293 g/mol. The summed E-state index contributed by atoms with van der Waals surface area (Å²) in [6, 6.07) is 6.92. The van der Waals surface area contributed by atoms with Crippen molar-refractivity contribution < 1.29 is 8.81 Å². The lowest BCUT2D eigenvalue weighted by Crippen LogP contribution is -2.37. The topological polar surface area (TPSA) is 49.6 Å². The highest BCUT2D eigenvalue weighted by molar-refractivity contribution is 5.79. The highest BCUT2D eigenvalue weighted by Crippen LogP contribution is 2.13. The number of hydrogen-bond acceptors (Lipinski definition) is 2. The summed E-state index contributed by atoms with van der Waals surface area (Å²) < 4.78 is 18.6. The Bertz CT molecular complexity index is 692. The van der Waals surface area contributed by atoms with Gasteiger partial charge in [-0.1, -0.05) is 6.07 Å². The van der Waals surface area contributed by atoms with Crippen LogP contribution in [-0.4, -0.2) is 19.6 Å². The fourth-order valence-corrected chi connectivity index (χ4v) is 2.51. The van der Waals surface area contributed by atoms with Gasteiger partial charge in [0.05, 0.1) is 0 Å². The Morgan fingerprint density at radius 3 is 2.52 bits per heavy atom. The lowest BCUT2D eigenvalue weighted by molar-refractivity contribution is 0.500. The van der Waals surface area contributed by atoms with Gasteiger partial charge in [0.2, 0.25) is 0 Å². The van der Waals surface area contributed by atoms with Crippen LogP contribution in [0.25, 0.3) is 0 Å². The first-order chi connectivity index (χ1) is 11.0. The molecule has 124 valence electrons. The van der Waals surface area contributed by atoms with Crippen LogP contribution < -0.4 is 10.6 Å². The largest absolute Gasteiger partial charge is 0.466 e. The lowest BCUT2D eigenvalue weighted by atomic mass is 10.1. The number of aryl methyl sites for hydroxylation is 3. The average Bonchev–Trinajstić information content (AvgIpc) is 2.82. The predicted molar refractivity (Wildman–Crippen MR) is 91.2 cm³/mol. The van der Waals surface area contributed by atoms with Crippen molar-refractivity contribution in [2.75, 3.05) is 13.6 Å². The molecular formula is C18H24FN3O. The summed E-state index contributed by atoms with van der Waals surface area (Å²) >= 11 is 0. The molecule has 1 heterocycles. The van der Waals surface area contributed by atoms with E-state index in [0.717, 1.165) is 47.1 Å². The summed E-state index contributed by atoms with van der Waals surface area (Å²) in [7, 11) is 1.74. The predicted octanol–water partition coefficient (Wildman–Crippen LogP) is 3.25. The molecule has 0 amide bonds. The number of furan rings is 1. The molecule has 2 N–H and O–H groups in total. The first kappa shape index (κ1) is 17.1. The van der Waals surface area contributed by atoms with Crippen LogP contribution in [-0.2, 0) is 13.0 Å². The van der Waals surface area contributed by atoms with E-state index in [0.29, 0.717) is 6.54 Å². The molecule has 0 aliphatic heterocycles. The van der Waals surface area contributed by atoms with Gasteiger partial charge in [0.25, 0.3) is 0 Å². The zero-order valence-corrected chi connectivity index (χ0v) is 14.2. The van der Waals surface area contributed by atoms with Gasteiger partial charge >= 0.3 is 0 Å². The molecule has 0 aliphatic rings. The second-order valence-electron chi connectivity index (χ2n) is 5.61. The second kappa shape index (κ2) is 7.81. The monoisotopic (exact) mass is 317 g/mol. The van der Waals surface area contributed by atoms with E-state index in [4.69, 9.17) is 4.42 Å². The molecule has 0 bridgehead atoms. The molecule has 1 aromatic carbocycles. The fourth-order valence-electron chi connectivity index (χ4n) is 2.51. The minimum atomic E-state index is -0.192. The molecule has 0 saturated carbocycles. The van der Waals surface area contributed by atoms with Gasteiger partial charge in [-0.05, 0) is 56.5 Å². The molecule has 1 aromatic heterocycles. The first-order valence-electron chi connectivity index (χ1n) is 7.75. The van der Waals surface area contributed by atoms with E-state index in [1.165, 1.54) is 6.07 Å². The number of guanidine groups is 1. The maximum absolute atomic E-state index is 13.1. The zero-order chi connectivity index (χ0) is 16.8. The third kappa shape index (κ3) is 4.84. The number of aliphatic imine (C=N–C) groups is 1. The molecule has 5 heteroatoms. The van der Waals surface area contributed by atoms with Crippen molar-refractivity contribution in [1.82, 2.24) is 10.6 Å². The van der Waals surface area contributed by atoms with E-state index in [-0.39, 0.29) is 5.82 Å². The van der Waals surface area contributed by atoms with Crippen molar-refractivity contribution in [2.45, 2.75) is 33.7 Å². The standard InChI is InChI=1S/C18H24FN3O/c1-12-9-17(19)6-5-15(12)7-8-21-18(20-4)22-11-16-10-13(2)23-14(16)3/h5-6,9-10H,7-8,11H2,1-4H3,(H2,20,21,22). The Balaban J connectivity index is 1.82. The second-order valence-corrected chi connectivity index (χ2v) is 5.61. The summed E-state index contributed by atoms with van der Waals surface area (Å²) in [6.07, 6.45) is 0.816. The highest BCUT2D eigenvalue weighted by Gasteiger charge is 2.06. The molecule has 0 fully saturated rings. The molecule has 0 aliphatic carbocycles. The van der Waals surface area contributed by atoms with E-state index in [1.807, 2.05) is 32.9 Å². The third-order valence-corrected chi connectivity index (χ3v) is 3.81. The number of halogens is 1. The van der Waals surface area contributed by atoms with Crippen LogP contribution in [0.1, 0.15) is 28.2 Å². The fraction of sp³-hybridized carbons (Fsp3) is 0.389. The van der Waals surface area contributed by atoms with E-state index in [9.17, 15) is 4.39 Å². The maximum Gasteiger partial charge on any atom is 0.191 e. The maximum atomic E-state index is 13.1. The molecule has 0 radical (unpaired) electrons. The molecule has 0 atom stereocenters. The number of hydrogen-bond donors (Lipinski definition) is 2. The molecule has 0 saturated heterocycles. The molecule has 4 nitrogen and oxygen atoms in total. The van der Waals surface area contributed by atoms with Crippen molar-refractivity contribution in [3.8, 4) is 0 Å². The van der Waals surface area contributed by atoms with Crippen LogP contribution in [0.2, 0.25) is 0 Å². The molecule has 0 spiro atoms. The van der Waals surface area contributed by atoms with E-state index >= 15 is 0 Å². The number of nitrogens with one attached hydrogen (secondary N) is 2. The zero-order valence-electron chi connectivity index (χ0n) is 14.2. The Kier molecular flexibility index (Phi) is 5.79.